The maximum absolute atomic E-state index is 11.1. The smallest absolute Gasteiger partial charge is 0.307 e. The SMILES string of the molecule is C[Si](C)(C)C#C[C@]1(CN=[N+]=[N-])CCC(=O)O1. The molecule has 1 fully saturated rings. The van der Waals surface area contributed by atoms with Gasteiger partial charge in [-0.3, -0.25) is 4.79 Å². The second-order valence-electron chi connectivity index (χ2n) is 4.86. The number of hydrogen-bond donors (Lipinski definition) is 0. The highest BCUT2D eigenvalue weighted by Crippen LogP contribution is 2.26. The van der Waals surface area contributed by atoms with E-state index in [2.05, 4.69) is 41.1 Å². The second-order valence-corrected chi connectivity index (χ2v) is 9.61. The quantitative estimate of drug-likeness (QED) is 0.184. The summed E-state index contributed by atoms with van der Waals surface area (Å²) in [5.74, 6) is 2.74. The largest absolute Gasteiger partial charge is 0.446 e. The Morgan fingerprint density at radius 2 is 2.31 bits per heavy atom. The fourth-order valence-electron chi connectivity index (χ4n) is 1.31. The number of esters is 1. The summed E-state index contributed by atoms with van der Waals surface area (Å²) in [7, 11) is -1.52. The Kier molecular flexibility index (Phi) is 3.63. The van der Waals surface area contributed by atoms with E-state index in [1.54, 1.807) is 0 Å². The first-order chi connectivity index (χ1) is 7.37. The van der Waals surface area contributed by atoms with Gasteiger partial charge in [0.1, 0.15) is 8.07 Å². The lowest BCUT2D eigenvalue weighted by Crippen LogP contribution is -2.31. The zero-order chi connectivity index (χ0) is 12.2. The number of hydrogen-bond acceptors (Lipinski definition) is 3. The highest BCUT2D eigenvalue weighted by Gasteiger charge is 2.38. The van der Waals surface area contributed by atoms with Crippen LogP contribution in [0.1, 0.15) is 12.8 Å². The van der Waals surface area contributed by atoms with Gasteiger partial charge in [-0.15, -0.1) is 5.54 Å². The molecule has 1 saturated heterocycles. The average Bonchev–Trinajstić information content (AvgIpc) is 2.54. The molecule has 1 aliphatic rings. The van der Waals surface area contributed by atoms with Crippen molar-refractivity contribution in [2.75, 3.05) is 6.54 Å². The average molecular weight is 237 g/mol. The van der Waals surface area contributed by atoms with Gasteiger partial charge in [-0.2, -0.15) is 0 Å². The van der Waals surface area contributed by atoms with Crippen LogP contribution in [0.3, 0.4) is 0 Å². The molecule has 16 heavy (non-hydrogen) atoms. The van der Waals surface area contributed by atoms with Gasteiger partial charge in [0.15, 0.2) is 5.60 Å². The number of carbonyl (C=O) groups is 1. The minimum atomic E-state index is -1.52. The molecule has 6 heteroatoms. The summed E-state index contributed by atoms with van der Waals surface area (Å²) in [5, 5.41) is 3.48. The molecular weight excluding hydrogens is 222 g/mol. The maximum Gasteiger partial charge on any atom is 0.307 e. The highest BCUT2D eigenvalue weighted by molar-refractivity contribution is 6.83. The van der Waals surface area contributed by atoms with Crippen LogP contribution < -0.4 is 0 Å². The molecule has 5 nitrogen and oxygen atoms in total. The molecule has 1 rings (SSSR count). The third-order valence-corrected chi connectivity index (χ3v) is 2.97. The van der Waals surface area contributed by atoms with Crippen molar-refractivity contribution in [2.45, 2.75) is 38.1 Å². The molecule has 0 spiro atoms. The normalized spacial score (nSPS) is 24.1. The second kappa shape index (κ2) is 4.60. The van der Waals surface area contributed by atoms with Gasteiger partial charge in [0, 0.05) is 11.3 Å². The summed E-state index contributed by atoms with van der Waals surface area (Å²) >= 11 is 0. The molecule has 0 aromatic heterocycles. The Balaban J connectivity index is 2.91. The Morgan fingerprint density at radius 1 is 1.62 bits per heavy atom. The lowest BCUT2D eigenvalue weighted by molar-refractivity contribution is -0.144. The first-order valence-corrected chi connectivity index (χ1v) is 8.64. The van der Waals surface area contributed by atoms with E-state index in [-0.39, 0.29) is 12.5 Å². The van der Waals surface area contributed by atoms with Crippen LogP contribution in [-0.4, -0.2) is 26.2 Å². The lowest BCUT2D eigenvalue weighted by Gasteiger charge is -2.19. The predicted molar refractivity (Wildman–Crippen MR) is 63.2 cm³/mol. The summed E-state index contributed by atoms with van der Waals surface area (Å²) < 4.78 is 5.19. The first kappa shape index (κ1) is 12.6. The molecule has 1 aliphatic heterocycles. The maximum atomic E-state index is 11.1. The van der Waals surface area contributed by atoms with Gasteiger partial charge >= 0.3 is 5.97 Å². The van der Waals surface area contributed by atoms with E-state index in [1.165, 1.54) is 0 Å². The van der Waals surface area contributed by atoms with E-state index in [0.29, 0.717) is 12.8 Å². The molecule has 0 unspecified atom stereocenters. The monoisotopic (exact) mass is 237 g/mol. The van der Waals surface area contributed by atoms with Crippen molar-refractivity contribution in [1.29, 1.82) is 0 Å². The van der Waals surface area contributed by atoms with Crippen LogP contribution in [-0.2, 0) is 9.53 Å². The topological polar surface area (TPSA) is 75.1 Å². The van der Waals surface area contributed by atoms with Gasteiger partial charge in [0.05, 0.1) is 13.0 Å². The first-order valence-electron chi connectivity index (χ1n) is 5.14. The summed E-state index contributed by atoms with van der Waals surface area (Å²) in [6.45, 7) is 6.43. The molecule has 0 bridgehead atoms. The standard InChI is InChI=1S/C10H15N3O2Si/c1-16(2,3)7-6-10(8-12-13-11)5-4-9(14)15-10/h4-5,8H2,1-3H3/t10-/m0/s1. The van der Waals surface area contributed by atoms with Crippen molar-refractivity contribution in [3.63, 3.8) is 0 Å². The third kappa shape index (κ3) is 3.61. The summed E-state index contributed by atoms with van der Waals surface area (Å²) in [5.41, 5.74) is 10.6. The molecule has 0 saturated carbocycles. The number of azide groups is 1. The molecule has 0 radical (unpaired) electrons. The van der Waals surface area contributed by atoms with Crippen LogP contribution in [0, 0.1) is 11.5 Å². The number of nitrogens with zero attached hydrogens (tertiary/aromatic N) is 3. The molecule has 0 aromatic carbocycles. The van der Waals surface area contributed by atoms with E-state index >= 15 is 0 Å². The van der Waals surface area contributed by atoms with Gasteiger partial charge < -0.3 is 4.74 Å². The number of rotatable bonds is 2. The van der Waals surface area contributed by atoms with E-state index in [1.807, 2.05) is 0 Å². The summed E-state index contributed by atoms with van der Waals surface area (Å²) in [4.78, 5) is 13.8. The van der Waals surface area contributed by atoms with Crippen molar-refractivity contribution in [2.24, 2.45) is 5.11 Å². The lowest BCUT2D eigenvalue weighted by atomic mass is 10.0. The molecule has 0 aromatic rings. The molecule has 0 N–H and O–H groups in total. The van der Waals surface area contributed by atoms with Crippen LogP contribution in [0.2, 0.25) is 19.6 Å². The molecule has 1 atom stereocenters. The predicted octanol–water partition coefficient (Wildman–Crippen LogP) is 2.25. The number of cyclic esters (lactones) is 1. The van der Waals surface area contributed by atoms with E-state index in [4.69, 9.17) is 10.3 Å². The Morgan fingerprint density at radius 3 is 2.75 bits per heavy atom. The third-order valence-electron chi connectivity index (χ3n) is 2.10. The van der Waals surface area contributed by atoms with Crippen molar-refractivity contribution in [3.8, 4) is 11.5 Å². The summed E-state index contributed by atoms with van der Waals surface area (Å²) in [6.07, 6.45) is 0.865. The number of carbonyl (C=O) groups excluding carboxylic acids is 1. The van der Waals surface area contributed by atoms with Crippen molar-refractivity contribution < 1.29 is 9.53 Å². The highest BCUT2D eigenvalue weighted by atomic mass is 28.3. The van der Waals surface area contributed by atoms with Crippen LogP contribution >= 0.6 is 0 Å². The Bertz CT molecular complexity index is 399. The fraction of sp³-hybridized carbons (Fsp3) is 0.700. The molecule has 86 valence electrons. The Labute approximate surface area is 95.8 Å². The molecular formula is C10H15N3O2Si. The summed E-state index contributed by atoms with van der Waals surface area (Å²) in [6, 6.07) is 0. The van der Waals surface area contributed by atoms with Crippen LogP contribution in [0.25, 0.3) is 10.4 Å². The zero-order valence-electron chi connectivity index (χ0n) is 9.78. The minimum Gasteiger partial charge on any atom is -0.446 e. The van der Waals surface area contributed by atoms with E-state index in [0.717, 1.165) is 0 Å². The van der Waals surface area contributed by atoms with Gasteiger partial charge in [0.2, 0.25) is 0 Å². The number of ether oxygens (including phenoxy) is 1. The van der Waals surface area contributed by atoms with Crippen LogP contribution in [0.4, 0.5) is 0 Å². The molecule has 1 heterocycles. The van der Waals surface area contributed by atoms with E-state index < -0.39 is 13.7 Å². The van der Waals surface area contributed by atoms with Gasteiger partial charge in [-0.1, -0.05) is 30.7 Å². The van der Waals surface area contributed by atoms with Crippen LogP contribution in [0.5, 0.6) is 0 Å². The van der Waals surface area contributed by atoms with Gasteiger partial charge in [0.25, 0.3) is 0 Å². The van der Waals surface area contributed by atoms with Gasteiger partial charge in [-0.25, -0.2) is 0 Å². The minimum absolute atomic E-state index is 0.104. The van der Waals surface area contributed by atoms with Crippen LogP contribution in [0.15, 0.2) is 5.11 Å². The van der Waals surface area contributed by atoms with Crippen molar-refractivity contribution >= 4 is 14.0 Å². The fourth-order valence-corrected chi connectivity index (χ4v) is 1.91. The van der Waals surface area contributed by atoms with Crippen molar-refractivity contribution in [1.82, 2.24) is 0 Å². The van der Waals surface area contributed by atoms with Crippen molar-refractivity contribution in [3.05, 3.63) is 10.4 Å². The van der Waals surface area contributed by atoms with Gasteiger partial charge in [-0.05, 0) is 5.53 Å². The molecule has 0 aliphatic carbocycles. The molecule has 0 amide bonds. The van der Waals surface area contributed by atoms with E-state index in [9.17, 15) is 4.79 Å². The Hall–Kier alpha value is -1.44. The zero-order valence-corrected chi connectivity index (χ0v) is 10.8.